The number of ether oxygens (including phenoxy) is 1. The van der Waals surface area contributed by atoms with E-state index in [1.807, 2.05) is 42.3 Å². The highest BCUT2D eigenvalue weighted by molar-refractivity contribution is 5.79. The summed E-state index contributed by atoms with van der Waals surface area (Å²) in [6.07, 6.45) is 1.32. The zero-order valence-electron chi connectivity index (χ0n) is 17.2. The van der Waals surface area contributed by atoms with Crippen LogP contribution in [0.3, 0.4) is 0 Å². The van der Waals surface area contributed by atoms with Gasteiger partial charge >= 0.3 is 11.7 Å². The van der Waals surface area contributed by atoms with E-state index >= 15 is 0 Å². The van der Waals surface area contributed by atoms with E-state index in [0.29, 0.717) is 13.1 Å². The maximum absolute atomic E-state index is 12.2. The number of rotatable bonds is 8. The number of likely N-dealkylation sites (N-methyl/N-ethyl adjacent to an activating group) is 1. The van der Waals surface area contributed by atoms with Crippen molar-refractivity contribution in [1.29, 1.82) is 0 Å². The molecule has 3 rings (SSSR count). The molecule has 1 aliphatic heterocycles. The first kappa shape index (κ1) is 21.4. The summed E-state index contributed by atoms with van der Waals surface area (Å²) in [4.78, 5) is 37.9. The van der Waals surface area contributed by atoms with Crippen molar-refractivity contribution in [3.05, 3.63) is 52.3 Å². The van der Waals surface area contributed by atoms with E-state index in [0.717, 1.165) is 18.7 Å². The van der Waals surface area contributed by atoms with E-state index in [1.54, 1.807) is 11.8 Å². The predicted molar refractivity (Wildman–Crippen MR) is 113 cm³/mol. The Morgan fingerprint density at radius 2 is 1.90 bits per heavy atom. The van der Waals surface area contributed by atoms with Crippen molar-refractivity contribution >= 4 is 23.3 Å². The molecule has 1 aromatic carbocycles. The number of anilines is 2. The quantitative estimate of drug-likeness (QED) is 0.362. The number of esters is 1. The highest BCUT2D eigenvalue weighted by Crippen LogP contribution is 2.35. The van der Waals surface area contributed by atoms with Crippen LogP contribution in [0.25, 0.3) is 0 Å². The van der Waals surface area contributed by atoms with Gasteiger partial charge in [-0.15, -0.1) is 0 Å². The average molecular weight is 414 g/mol. The van der Waals surface area contributed by atoms with Crippen LogP contribution in [-0.4, -0.2) is 72.1 Å². The summed E-state index contributed by atoms with van der Waals surface area (Å²) in [6, 6.07) is 9.43. The molecule has 0 radical (unpaired) electrons. The molecule has 0 bridgehead atoms. The van der Waals surface area contributed by atoms with E-state index in [1.165, 1.54) is 6.33 Å². The summed E-state index contributed by atoms with van der Waals surface area (Å²) >= 11 is 0. The van der Waals surface area contributed by atoms with Crippen molar-refractivity contribution in [2.75, 3.05) is 56.2 Å². The van der Waals surface area contributed by atoms with Gasteiger partial charge in [0, 0.05) is 32.7 Å². The van der Waals surface area contributed by atoms with Gasteiger partial charge < -0.3 is 19.4 Å². The van der Waals surface area contributed by atoms with Gasteiger partial charge in [0.15, 0.2) is 0 Å². The Morgan fingerprint density at radius 3 is 2.53 bits per heavy atom. The third-order valence-electron chi connectivity index (χ3n) is 4.91. The van der Waals surface area contributed by atoms with Crippen LogP contribution in [-0.2, 0) is 16.1 Å². The third-order valence-corrected chi connectivity index (χ3v) is 4.91. The molecule has 0 atom stereocenters. The molecule has 1 saturated heterocycles. The smallest absolute Gasteiger partial charge is 0.353 e. The summed E-state index contributed by atoms with van der Waals surface area (Å²) in [5.74, 6) is -0.0802. The Labute approximate surface area is 175 Å². The lowest BCUT2D eigenvalue weighted by Crippen LogP contribution is -2.45. The van der Waals surface area contributed by atoms with E-state index < -0.39 is 10.9 Å². The second-order valence-corrected chi connectivity index (χ2v) is 7.06. The van der Waals surface area contributed by atoms with Crippen molar-refractivity contribution in [1.82, 2.24) is 14.9 Å². The van der Waals surface area contributed by atoms with Crippen LogP contribution in [0.5, 0.6) is 0 Å². The van der Waals surface area contributed by atoms with Crippen LogP contribution >= 0.6 is 0 Å². The molecule has 0 unspecified atom stereocenters. The Bertz CT molecular complexity index is 871. The first-order chi connectivity index (χ1) is 14.5. The average Bonchev–Trinajstić information content (AvgIpc) is 2.74. The zero-order chi connectivity index (χ0) is 21.5. The highest BCUT2D eigenvalue weighted by Gasteiger charge is 2.32. The fourth-order valence-electron chi connectivity index (χ4n) is 3.38. The predicted octanol–water partition coefficient (Wildman–Crippen LogP) is 1.71. The minimum atomic E-state index is -0.470. The Hall–Kier alpha value is -3.27. The summed E-state index contributed by atoms with van der Waals surface area (Å²) in [6.45, 7) is 4.91. The van der Waals surface area contributed by atoms with Crippen LogP contribution < -0.4 is 9.80 Å². The largest absolute Gasteiger partial charge is 0.465 e. The molecule has 0 aliphatic carbocycles. The first-order valence-electron chi connectivity index (χ1n) is 9.87. The van der Waals surface area contributed by atoms with Crippen molar-refractivity contribution in [3.63, 3.8) is 0 Å². The molecule has 30 heavy (non-hydrogen) atoms. The molecular formula is C20H26N6O4. The standard InChI is InChI=1S/C20H26N6O4/c1-3-30-17(27)14-25(13-16-7-5-4-6-8-16)20-18(26(28)29)19(21-15-22-20)24-11-9-23(2)10-12-24/h4-8,15H,3,9-14H2,1-2H3. The van der Waals surface area contributed by atoms with Crippen molar-refractivity contribution in [2.24, 2.45) is 0 Å². The summed E-state index contributed by atoms with van der Waals surface area (Å²) in [5, 5.41) is 12.1. The van der Waals surface area contributed by atoms with Gasteiger partial charge in [0.1, 0.15) is 12.9 Å². The van der Waals surface area contributed by atoms with Crippen LogP contribution in [0.2, 0.25) is 0 Å². The number of hydrogen-bond donors (Lipinski definition) is 0. The second kappa shape index (κ2) is 9.97. The van der Waals surface area contributed by atoms with E-state index in [9.17, 15) is 14.9 Å². The van der Waals surface area contributed by atoms with Crippen molar-refractivity contribution in [3.8, 4) is 0 Å². The van der Waals surface area contributed by atoms with Gasteiger partial charge in [-0.05, 0) is 19.5 Å². The maximum Gasteiger partial charge on any atom is 0.353 e. The number of piperazine rings is 1. The minimum absolute atomic E-state index is 0.112. The summed E-state index contributed by atoms with van der Waals surface area (Å²) in [5.41, 5.74) is 0.707. The van der Waals surface area contributed by atoms with Crippen molar-refractivity contribution < 1.29 is 14.5 Å². The number of benzene rings is 1. The molecule has 2 heterocycles. The maximum atomic E-state index is 12.2. The highest BCUT2D eigenvalue weighted by atomic mass is 16.6. The number of aromatic nitrogens is 2. The van der Waals surface area contributed by atoms with Gasteiger partial charge in [0.2, 0.25) is 11.6 Å². The molecule has 160 valence electrons. The normalized spacial score (nSPS) is 14.4. The molecule has 1 fully saturated rings. The van der Waals surface area contributed by atoms with Gasteiger partial charge in [0.25, 0.3) is 0 Å². The molecule has 10 nitrogen and oxygen atoms in total. The Morgan fingerprint density at radius 1 is 1.20 bits per heavy atom. The van der Waals surface area contributed by atoms with Crippen molar-refractivity contribution in [2.45, 2.75) is 13.5 Å². The fourth-order valence-corrected chi connectivity index (χ4v) is 3.38. The van der Waals surface area contributed by atoms with Gasteiger partial charge in [0.05, 0.1) is 11.5 Å². The lowest BCUT2D eigenvalue weighted by molar-refractivity contribution is -0.383. The number of carbonyl (C=O) groups is 1. The Balaban J connectivity index is 1.99. The molecule has 0 saturated carbocycles. The van der Waals surface area contributed by atoms with Crippen LogP contribution in [0.1, 0.15) is 12.5 Å². The molecule has 0 amide bonds. The molecule has 2 aromatic rings. The number of nitrogens with zero attached hydrogens (tertiary/aromatic N) is 6. The van der Waals surface area contributed by atoms with E-state index in [4.69, 9.17) is 4.74 Å². The third kappa shape index (κ3) is 5.20. The second-order valence-electron chi connectivity index (χ2n) is 7.06. The van der Waals surface area contributed by atoms with Gasteiger partial charge in [-0.1, -0.05) is 30.3 Å². The summed E-state index contributed by atoms with van der Waals surface area (Å²) in [7, 11) is 2.01. The van der Waals surface area contributed by atoms with Crippen LogP contribution in [0.15, 0.2) is 36.7 Å². The van der Waals surface area contributed by atoms with E-state index in [-0.39, 0.29) is 37.0 Å². The van der Waals surface area contributed by atoms with E-state index in [2.05, 4.69) is 14.9 Å². The van der Waals surface area contributed by atoms with Crippen LogP contribution in [0.4, 0.5) is 17.3 Å². The molecule has 10 heteroatoms. The topological polar surface area (TPSA) is 105 Å². The zero-order valence-corrected chi connectivity index (χ0v) is 17.2. The Kier molecular flexibility index (Phi) is 7.12. The molecule has 1 aliphatic rings. The lowest BCUT2D eigenvalue weighted by atomic mass is 10.2. The fraction of sp³-hybridized carbons (Fsp3) is 0.450. The molecule has 0 N–H and O–H groups in total. The molecule has 1 aromatic heterocycles. The first-order valence-corrected chi connectivity index (χ1v) is 9.87. The molecule has 0 spiro atoms. The monoisotopic (exact) mass is 414 g/mol. The SMILES string of the molecule is CCOC(=O)CN(Cc1ccccc1)c1ncnc(N2CCN(C)CC2)c1[N+](=O)[O-]. The number of hydrogen-bond acceptors (Lipinski definition) is 9. The number of nitro groups is 1. The van der Waals surface area contributed by atoms with Gasteiger partial charge in [-0.2, -0.15) is 0 Å². The van der Waals surface area contributed by atoms with Gasteiger partial charge in [-0.25, -0.2) is 9.97 Å². The minimum Gasteiger partial charge on any atom is -0.465 e. The number of carbonyl (C=O) groups excluding carboxylic acids is 1. The van der Waals surface area contributed by atoms with Gasteiger partial charge in [-0.3, -0.25) is 14.9 Å². The molecular weight excluding hydrogens is 388 g/mol. The lowest BCUT2D eigenvalue weighted by Gasteiger charge is -2.33. The summed E-state index contributed by atoms with van der Waals surface area (Å²) < 4.78 is 5.08. The van der Waals surface area contributed by atoms with Crippen LogP contribution in [0, 0.1) is 10.1 Å².